The van der Waals surface area contributed by atoms with Crippen molar-refractivity contribution in [2.24, 2.45) is 0 Å². The number of aromatic amines is 2. The first kappa shape index (κ1) is 19.1. The average Bonchev–Trinajstić information content (AvgIpc) is 3.15. The molecule has 0 saturated heterocycles. The average molecular weight is 408 g/mol. The second-order valence-corrected chi connectivity index (χ2v) is 7.51. The number of aromatic nitrogens is 3. The minimum atomic E-state index is -0.407. The molecule has 0 radical (unpaired) electrons. The van der Waals surface area contributed by atoms with Gasteiger partial charge in [0, 0.05) is 49.3 Å². The van der Waals surface area contributed by atoms with Crippen molar-refractivity contribution >= 4 is 33.9 Å². The first-order valence-electron chi connectivity index (χ1n) is 9.35. The number of benzene rings is 2. The minimum absolute atomic E-state index is 0.0534. The maximum absolute atomic E-state index is 11.8. The van der Waals surface area contributed by atoms with Gasteiger partial charge in [-0.15, -0.1) is 0 Å². The molecule has 4 rings (SSSR count). The van der Waals surface area contributed by atoms with Crippen molar-refractivity contribution in [3.8, 4) is 0 Å². The Labute approximate surface area is 173 Å². The molecule has 0 amide bonds. The molecule has 0 saturated carbocycles. The van der Waals surface area contributed by atoms with E-state index in [-0.39, 0.29) is 10.9 Å². The summed E-state index contributed by atoms with van der Waals surface area (Å²) in [7, 11) is 4.05. The van der Waals surface area contributed by atoms with Gasteiger partial charge in [0.1, 0.15) is 5.02 Å². The SMILES string of the molecule is CN(C)c1ccc([C@@H](CNc2cn[nH]c(=O)c2Cl)c2c[nH]c3ccccc23)cc1. The van der Waals surface area contributed by atoms with E-state index < -0.39 is 5.56 Å². The Morgan fingerprint density at radius 1 is 1.14 bits per heavy atom. The number of hydrogen-bond donors (Lipinski definition) is 3. The van der Waals surface area contributed by atoms with Crippen LogP contribution in [0.15, 0.2) is 65.7 Å². The smallest absolute Gasteiger partial charge is 0.285 e. The molecule has 2 aromatic carbocycles. The van der Waals surface area contributed by atoms with Crippen molar-refractivity contribution < 1.29 is 0 Å². The Kier molecular flexibility index (Phi) is 5.27. The van der Waals surface area contributed by atoms with Crippen LogP contribution in [0.4, 0.5) is 11.4 Å². The van der Waals surface area contributed by atoms with Crippen LogP contribution in [0, 0.1) is 0 Å². The molecule has 2 heterocycles. The van der Waals surface area contributed by atoms with Gasteiger partial charge in [0.05, 0.1) is 11.9 Å². The van der Waals surface area contributed by atoms with Gasteiger partial charge in [-0.1, -0.05) is 41.9 Å². The van der Waals surface area contributed by atoms with Gasteiger partial charge < -0.3 is 15.2 Å². The van der Waals surface area contributed by atoms with E-state index in [2.05, 4.69) is 68.0 Å². The number of nitrogens with one attached hydrogen (secondary N) is 3. The highest BCUT2D eigenvalue weighted by molar-refractivity contribution is 6.32. The number of para-hydroxylation sites is 1. The zero-order valence-electron chi connectivity index (χ0n) is 16.2. The molecule has 2 aromatic heterocycles. The van der Waals surface area contributed by atoms with E-state index >= 15 is 0 Å². The highest BCUT2D eigenvalue weighted by atomic mass is 35.5. The summed E-state index contributed by atoms with van der Waals surface area (Å²) >= 11 is 6.14. The fraction of sp³-hybridized carbons (Fsp3) is 0.182. The third-order valence-electron chi connectivity index (χ3n) is 5.10. The molecule has 0 spiro atoms. The van der Waals surface area contributed by atoms with Gasteiger partial charge in [0.25, 0.3) is 5.56 Å². The molecule has 29 heavy (non-hydrogen) atoms. The van der Waals surface area contributed by atoms with Crippen LogP contribution in [0.1, 0.15) is 17.0 Å². The molecule has 7 heteroatoms. The lowest BCUT2D eigenvalue weighted by Gasteiger charge is -2.20. The van der Waals surface area contributed by atoms with Gasteiger partial charge in [0.15, 0.2) is 0 Å². The zero-order valence-corrected chi connectivity index (χ0v) is 17.0. The lowest BCUT2D eigenvalue weighted by Crippen LogP contribution is -2.17. The third kappa shape index (κ3) is 3.84. The summed E-state index contributed by atoms with van der Waals surface area (Å²) in [6.07, 6.45) is 3.58. The van der Waals surface area contributed by atoms with Crippen molar-refractivity contribution in [1.29, 1.82) is 0 Å². The van der Waals surface area contributed by atoms with Gasteiger partial charge in [-0.2, -0.15) is 5.10 Å². The molecule has 4 aromatic rings. The van der Waals surface area contributed by atoms with E-state index in [0.717, 1.165) is 11.2 Å². The number of nitrogens with zero attached hydrogens (tertiary/aromatic N) is 2. The summed E-state index contributed by atoms with van der Waals surface area (Å²) in [5.41, 5.74) is 4.69. The number of H-pyrrole nitrogens is 2. The molecule has 0 aliphatic rings. The normalized spacial score (nSPS) is 12.1. The Balaban J connectivity index is 1.72. The second-order valence-electron chi connectivity index (χ2n) is 7.14. The van der Waals surface area contributed by atoms with Crippen molar-refractivity contribution in [1.82, 2.24) is 15.2 Å². The Morgan fingerprint density at radius 3 is 2.66 bits per heavy atom. The van der Waals surface area contributed by atoms with Gasteiger partial charge in [0.2, 0.25) is 0 Å². The molecule has 1 atom stereocenters. The molecule has 0 aliphatic heterocycles. The maximum Gasteiger partial charge on any atom is 0.285 e. The Hall–Kier alpha value is -3.25. The minimum Gasteiger partial charge on any atom is -0.381 e. The fourth-order valence-corrected chi connectivity index (χ4v) is 3.67. The molecule has 0 aliphatic carbocycles. The van der Waals surface area contributed by atoms with E-state index in [0.29, 0.717) is 12.2 Å². The predicted molar refractivity (Wildman–Crippen MR) is 119 cm³/mol. The van der Waals surface area contributed by atoms with Gasteiger partial charge >= 0.3 is 0 Å². The van der Waals surface area contributed by atoms with E-state index in [1.165, 1.54) is 22.7 Å². The molecule has 0 fully saturated rings. The van der Waals surface area contributed by atoms with Gasteiger partial charge in [-0.3, -0.25) is 4.79 Å². The maximum atomic E-state index is 11.8. The molecule has 0 bridgehead atoms. The fourth-order valence-electron chi connectivity index (χ4n) is 3.51. The van der Waals surface area contributed by atoms with E-state index in [1.807, 2.05) is 26.2 Å². The largest absolute Gasteiger partial charge is 0.381 e. The van der Waals surface area contributed by atoms with Crippen LogP contribution < -0.4 is 15.8 Å². The van der Waals surface area contributed by atoms with Crippen molar-refractivity contribution in [3.05, 3.63) is 87.4 Å². The van der Waals surface area contributed by atoms with Crippen LogP contribution in [0.5, 0.6) is 0 Å². The Morgan fingerprint density at radius 2 is 1.90 bits per heavy atom. The first-order valence-corrected chi connectivity index (χ1v) is 9.72. The van der Waals surface area contributed by atoms with E-state index in [9.17, 15) is 4.79 Å². The lowest BCUT2D eigenvalue weighted by atomic mass is 9.90. The standard InChI is InChI=1S/C22H22ClN5O/c1-28(2)15-9-7-14(8-10-15)17(11-25-20-13-26-27-22(29)21(20)23)18-12-24-19-6-4-3-5-16(18)19/h3-10,12-13,17,24H,11H2,1-2H3,(H2,25,27,29)/t17-/m1/s1. The summed E-state index contributed by atoms with van der Waals surface area (Å²) in [6, 6.07) is 16.7. The summed E-state index contributed by atoms with van der Waals surface area (Å²) in [5, 5.41) is 10.8. The van der Waals surface area contributed by atoms with Crippen LogP contribution in [0.25, 0.3) is 10.9 Å². The molecule has 6 nitrogen and oxygen atoms in total. The number of anilines is 2. The number of rotatable bonds is 6. The molecule has 3 N–H and O–H groups in total. The monoisotopic (exact) mass is 407 g/mol. The number of halogens is 1. The topological polar surface area (TPSA) is 76.8 Å². The zero-order chi connectivity index (χ0) is 20.4. The summed E-state index contributed by atoms with van der Waals surface area (Å²) in [4.78, 5) is 17.2. The van der Waals surface area contributed by atoms with Crippen LogP contribution in [-0.2, 0) is 0 Å². The summed E-state index contributed by atoms with van der Waals surface area (Å²) < 4.78 is 0. The second kappa shape index (κ2) is 8.01. The van der Waals surface area contributed by atoms with E-state index in [4.69, 9.17) is 11.6 Å². The summed E-state index contributed by atoms with van der Waals surface area (Å²) in [5.74, 6) is 0.0534. The van der Waals surface area contributed by atoms with Crippen LogP contribution in [0.2, 0.25) is 5.02 Å². The summed E-state index contributed by atoms with van der Waals surface area (Å²) in [6.45, 7) is 0.564. The van der Waals surface area contributed by atoms with Crippen LogP contribution >= 0.6 is 11.6 Å². The van der Waals surface area contributed by atoms with Gasteiger partial charge in [-0.25, -0.2) is 5.10 Å². The van der Waals surface area contributed by atoms with E-state index in [1.54, 1.807) is 0 Å². The van der Waals surface area contributed by atoms with Gasteiger partial charge in [-0.05, 0) is 29.3 Å². The van der Waals surface area contributed by atoms with Crippen molar-refractivity contribution in [2.75, 3.05) is 30.9 Å². The number of hydrogen-bond acceptors (Lipinski definition) is 4. The van der Waals surface area contributed by atoms with Crippen LogP contribution in [-0.4, -0.2) is 35.8 Å². The highest BCUT2D eigenvalue weighted by Crippen LogP contribution is 2.32. The number of fused-ring (bicyclic) bond motifs is 1. The molecule has 0 unspecified atom stereocenters. The molecule has 148 valence electrons. The molecular formula is C22H22ClN5O. The predicted octanol–water partition coefficient (Wildman–Crippen LogP) is 4.21. The first-order chi connectivity index (χ1) is 14.0. The van der Waals surface area contributed by atoms with Crippen LogP contribution in [0.3, 0.4) is 0 Å². The van der Waals surface area contributed by atoms with Crippen molar-refractivity contribution in [2.45, 2.75) is 5.92 Å². The highest BCUT2D eigenvalue weighted by Gasteiger charge is 2.19. The molecular weight excluding hydrogens is 386 g/mol. The van der Waals surface area contributed by atoms with Crippen molar-refractivity contribution in [3.63, 3.8) is 0 Å². The lowest BCUT2D eigenvalue weighted by molar-refractivity contribution is 0.856. The Bertz CT molecular complexity index is 1180. The third-order valence-corrected chi connectivity index (χ3v) is 5.48. The quantitative estimate of drug-likeness (QED) is 0.447.